The third-order valence-electron chi connectivity index (χ3n) is 3.47. The molecule has 1 atom stereocenters. The lowest BCUT2D eigenvalue weighted by Gasteiger charge is -2.21. The molecule has 96 valence electrons. The van der Waals surface area contributed by atoms with Gasteiger partial charge in [0.15, 0.2) is 0 Å². The van der Waals surface area contributed by atoms with Crippen LogP contribution in [0, 0.1) is 13.8 Å². The molecule has 0 bridgehead atoms. The second-order valence-corrected chi connectivity index (χ2v) is 4.75. The Bertz CT molecular complexity index is 525. The standard InChI is InChI=1S/C13H17N3O2/c1-8-9(2)18-12(15-8)7-17-11-5-3-4-10-6-14-16-13(10)11/h6,11H,3-5,7H2,1-2H3,(H,14,16). The van der Waals surface area contributed by atoms with Gasteiger partial charge in [0.2, 0.25) is 5.89 Å². The zero-order chi connectivity index (χ0) is 12.5. The first-order valence-electron chi connectivity index (χ1n) is 6.30. The van der Waals surface area contributed by atoms with Crippen LogP contribution < -0.4 is 0 Å². The lowest BCUT2D eigenvalue weighted by atomic mass is 9.96. The number of aryl methyl sites for hydroxylation is 3. The van der Waals surface area contributed by atoms with Gasteiger partial charge in [-0.05, 0) is 38.7 Å². The molecule has 0 aromatic carbocycles. The van der Waals surface area contributed by atoms with Crippen molar-refractivity contribution in [3.05, 3.63) is 34.8 Å². The lowest BCUT2D eigenvalue weighted by Crippen LogP contribution is -2.12. The van der Waals surface area contributed by atoms with Gasteiger partial charge in [-0.1, -0.05) is 0 Å². The molecular weight excluding hydrogens is 230 g/mol. The molecule has 1 unspecified atom stereocenters. The molecule has 0 saturated carbocycles. The van der Waals surface area contributed by atoms with Crippen molar-refractivity contribution in [2.45, 2.75) is 45.8 Å². The highest BCUT2D eigenvalue weighted by molar-refractivity contribution is 5.21. The molecule has 1 aliphatic carbocycles. The van der Waals surface area contributed by atoms with Gasteiger partial charge in [-0.15, -0.1) is 0 Å². The number of hydrogen-bond acceptors (Lipinski definition) is 4. The molecule has 2 aromatic rings. The van der Waals surface area contributed by atoms with Gasteiger partial charge in [0, 0.05) is 0 Å². The zero-order valence-corrected chi connectivity index (χ0v) is 10.7. The van der Waals surface area contributed by atoms with Crippen LogP contribution in [-0.2, 0) is 17.8 Å². The Morgan fingerprint density at radius 3 is 3.17 bits per heavy atom. The quantitative estimate of drug-likeness (QED) is 0.905. The van der Waals surface area contributed by atoms with Crippen LogP contribution in [0.3, 0.4) is 0 Å². The Balaban J connectivity index is 1.68. The van der Waals surface area contributed by atoms with Crippen LogP contribution in [0.1, 0.15) is 47.5 Å². The average Bonchev–Trinajstić information content (AvgIpc) is 2.94. The van der Waals surface area contributed by atoms with Crippen LogP contribution in [0.15, 0.2) is 10.6 Å². The molecule has 2 heterocycles. The molecule has 0 aliphatic heterocycles. The van der Waals surface area contributed by atoms with E-state index in [1.807, 2.05) is 20.0 Å². The molecule has 1 N–H and O–H groups in total. The maximum Gasteiger partial charge on any atom is 0.220 e. The Morgan fingerprint density at radius 1 is 1.50 bits per heavy atom. The first-order valence-corrected chi connectivity index (χ1v) is 6.30. The first-order chi connectivity index (χ1) is 8.74. The zero-order valence-electron chi connectivity index (χ0n) is 10.7. The van der Waals surface area contributed by atoms with E-state index in [4.69, 9.17) is 9.15 Å². The van der Waals surface area contributed by atoms with Crippen molar-refractivity contribution in [3.63, 3.8) is 0 Å². The van der Waals surface area contributed by atoms with E-state index in [2.05, 4.69) is 15.2 Å². The number of rotatable bonds is 3. The maximum atomic E-state index is 5.89. The predicted octanol–water partition coefficient (Wildman–Crippen LogP) is 2.61. The summed E-state index contributed by atoms with van der Waals surface area (Å²) in [5.41, 5.74) is 3.31. The highest BCUT2D eigenvalue weighted by Gasteiger charge is 2.23. The summed E-state index contributed by atoms with van der Waals surface area (Å²) in [5, 5.41) is 7.12. The van der Waals surface area contributed by atoms with Gasteiger partial charge in [0.05, 0.1) is 23.7 Å². The number of H-pyrrole nitrogens is 1. The van der Waals surface area contributed by atoms with Crippen molar-refractivity contribution < 1.29 is 9.15 Å². The number of aromatic amines is 1. The Hall–Kier alpha value is -1.62. The van der Waals surface area contributed by atoms with E-state index in [1.165, 1.54) is 5.56 Å². The molecule has 0 saturated heterocycles. The fourth-order valence-electron chi connectivity index (χ4n) is 2.36. The molecule has 0 fully saturated rings. The molecule has 0 spiro atoms. The number of nitrogens with zero attached hydrogens (tertiary/aromatic N) is 2. The monoisotopic (exact) mass is 247 g/mol. The molecular formula is C13H17N3O2. The first kappa shape index (κ1) is 11.5. The van der Waals surface area contributed by atoms with E-state index in [0.717, 1.165) is 36.4 Å². The second-order valence-electron chi connectivity index (χ2n) is 4.75. The highest BCUT2D eigenvalue weighted by atomic mass is 16.5. The van der Waals surface area contributed by atoms with E-state index in [1.54, 1.807) is 0 Å². The molecule has 18 heavy (non-hydrogen) atoms. The molecule has 2 aromatic heterocycles. The van der Waals surface area contributed by atoms with Gasteiger partial charge in [0.25, 0.3) is 0 Å². The van der Waals surface area contributed by atoms with Gasteiger partial charge in [0.1, 0.15) is 12.4 Å². The van der Waals surface area contributed by atoms with Crippen LogP contribution >= 0.6 is 0 Å². The van der Waals surface area contributed by atoms with E-state index in [0.29, 0.717) is 12.5 Å². The number of aromatic nitrogens is 3. The summed E-state index contributed by atoms with van der Waals surface area (Å²) in [4.78, 5) is 4.32. The van der Waals surface area contributed by atoms with Crippen LogP contribution in [-0.4, -0.2) is 15.2 Å². The van der Waals surface area contributed by atoms with Gasteiger partial charge >= 0.3 is 0 Å². The molecule has 5 nitrogen and oxygen atoms in total. The normalized spacial score (nSPS) is 18.9. The summed E-state index contributed by atoms with van der Waals surface area (Å²) < 4.78 is 11.4. The van der Waals surface area contributed by atoms with Gasteiger partial charge in [-0.25, -0.2) is 4.98 Å². The third-order valence-corrected chi connectivity index (χ3v) is 3.47. The van der Waals surface area contributed by atoms with Crippen LogP contribution in [0.2, 0.25) is 0 Å². The van der Waals surface area contributed by atoms with Crippen LogP contribution in [0.5, 0.6) is 0 Å². The lowest BCUT2D eigenvalue weighted by molar-refractivity contribution is 0.0140. The minimum absolute atomic E-state index is 0.0868. The predicted molar refractivity (Wildman–Crippen MR) is 65.0 cm³/mol. The third kappa shape index (κ3) is 2.06. The van der Waals surface area contributed by atoms with Crippen molar-refractivity contribution >= 4 is 0 Å². The molecule has 5 heteroatoms. The highest BCUT2D eigenvalue weighted by Crippen LogP contribution is 2.31. The number of hydrogen-bond donors (Lipinski definition) is 1. The summed E-state index contributed by atoms with van der Waals surface area (Å²) in [6.07, 6.45) is 5.23. The van der Waals surface area contributed by atoms with E-state index in [9.17, 15) is 0 Å². The average molecular weight is 247 g/mol. The minimum Gasteiger partial charge on any atom is -0.443 e. The number of oxazole rings is 1. The van der Waals surface area contributed by atoms with E-state index >= 15 is 0 Å². The van der Waals surface area contributed by atoms with Gasteiger partial charge in [-0.3, -0.25) is 5.10 Å². The number of ether oxygens (including phenoxy) is 1. The van der Waals surface area contributed by atoms with Crippen molar-refractivity contribution in [3.8, 4) is 0 Å². The van der Waals surface area contributed by atoms with E-state index < -0.39 is 0 Å². The minimum atomic E-state index is 0.0868. The van der Waals surface area contributed by atoms with E-state index in [-0.39, 0.29) is 6.10 Å². The Morgan fingerprint density at radius 2 is 2.39 bits per heavy atom. The Kier molecular flexibility index (Phi) is 2.91. The van der Waals surface area contributed by atoms with Crippen molar-refractivity contribution in [1.82, 2.24) is 15.2 Å². The van der Waals surface area contributed by atoms with Crippen molar-refractivity contribution in [2.75, 3.05) is 0 Å². The molecule has 1 aliphatic rings. The number of nitrogens with one attached hydrogen (secondary N) is 1. The fourth-order valence-corrected chi connectivity index (χ4v) is 2.36. The molecule has 0 radical (unpaired) electrons. The largest absolute Gasteiger partial charge is 0.443 e. The number of fused-ring (bicyclic) bond motifs is 1. The smallest absolute Gasteiger partial charge is 0.220 e. The van der Waals surface area contributed by atoms with Gasteiger partial charge in [-0.2, -0.15) is 5.10 Å². The summed E-state index contributed by atoms with van der Waals surface area (Å²) in [7, 11) is 0. The molecule has 0 amide bonds. The fraction of sp³-hybridized carbons (Fsp3) is 0.538. The summed E-state index contributed by atoms with van der Waals surface area (Å²) in [6, 6.07) is 0. The maximum absolute atomic E-state index is 5.89. The topological polar surface area (TPSA) is 63.9 Å². The second kappa shape index (κ2) is 4.57. The van der Waals surface area contributed by atoms with Gasteiger partial charge < -0.3 is 9.15 Å². The summed E-state index contributed by atoms with van der Waals surface area (Å²) >= 11 is 0. The van der Waals surface area contributed by atoms with Crippen LogP contribution in [0.25, 0.3) is 0 Å². The van der Waals surface area contributed by atoms with Crippen molar-refractivity contribution in [1.29, 1.82) is 0 Å². The summed E-state index contributed by atoms with van der Waals surface area (Å²) in [6.45, 7) is 4.27. The molecule has 3 rings (SSSR count). The summed E-state index contributed by atoms with van der Waals surface area (Å²) in [5.74, 6) is 1.51. The SMILES string of the molecule is Cc1nc(COC2CCCc3cn[nH]c32)oc1C. The van der Waals surface area contributed by atoms with Crippen molar-refractivity contribution in [2.24, 2.45) is 0 Å². The van der Waals surface area contributed by atoms with Crippen LogP contribution in [0.4, 0.5) is 0 Å². The Labute approximate surface area is 106 Å².